The number of hydrogen-bond acceptors (Lipinski definition) is 4. The predicted octanol–water partition coefficient (Wildman–Crippen LogP) is 2.34. The lowest BCUT2D eigenvalue weighted by Crippen LogP contribution is -2.34. The van der Waals surface area contributed by atoms with Gasteiger partial charge < -0.3 is 19.7 Å². The monoisotopic (exact) mass is 328 g/mol. The van der Waals surface area contributed by atoms with Crippen LogP contribution in [0, 0.1) is 0 Å². The second kappa shape index (κ2) is 8.86. The van der Waals surface area contributed by atoms with Crippen molar-refractivity contribution in [2.75, 3.05) is 33.3 Å². The summed E-state index contributed by atoms with van der Waals surface area (Å²) in [5.41, 5.74) is 0.643. The van der Waals surface area contributed by atoms with Crippen molar-refractivity contribution >= 4 is 18.3 Å². The summed E-state index contributed by atoms with van der Waals surface area (Å²) in [6.45, 7) is 7.26. The Hall–Kier alpha value is -1.46. The van der Waals surface area contributed by atoms with E-state index in [4.69, 9.17) is 9.47 Å². The third-order valence-corrected chi connectivity index (χ3v) is 3.40. The molecule has 1 heterocycles. The summed E-state index contributed by atoms with van der Waals surface area (Å²) in [7, 11) is 1.59. The van der Waals surface area contributed by atoms with E-state index in [1.165, 1.54) is 0 Å². The lowest BCUT2D eigenvalue weighted by atomic mass is 10.1. The summed E-state index contributed by atoms with van der Waals surface area (Å²) < 4.78 is 11.0. The molecule has 1 aromatic rings. The summed E-state index contributed by atoms with van der Waals surface area (Å²) in [6.07, 6.45) is 1.05. The van der Waals surface area contributed by atoms with Crippen LogP contribution in [0.4, 0.5) is 0 Å². The first-order valence-corrected chi connectivity index (χ1v) is 7.46. The van der Waals surface area contributed by atoms with Crippen LogP contribution in [0.3, 0.4) is 0 Å². The van der Waals surface area contributed by atoms with Gasteiger partial charge in [-0.25, -0.2) is 0 Å². The molecule has 1 aliphatic heterocycles. The zero-order chi connectivity index (χ0) is 15.2. The third-order valence-electron chi connectivity index (χ3n) is 3.40. The first-order valence-electron chi connectivity index (χ1n) is 7.46. The van der Waals surface area contributed by atoms with Crippen LogP contribution in [0.5, 0.6) is 11.5 Å². The van der Waals surface area contributed by atoms with Gasteiger partial charge in [0.05, 0.1) is 13.2 Å². The van der Waals surface area contributed by atoms with Crippen molar-refractivity contribution in [3.8, 4) is 11.5 Å². The number of carbonyl (C=O) groups excluding carboxylic acids is 1. The molecule has 0 unspecified atom stereocenters. The zero-order valence-corrected chi connectivity index (χ0v) is 14.2. The summed E-state index contributed by atoms with van der Waals surface area (Å²) in [5, 5.41) is 3.30. The van der Waals surface area contributed by atoms with E-state index in [0.29, 0.717) is 17.1 Å². The standard InChI is InChI=1S/C16H24N2O3.ClH/c1-12(2)21-14-6-5-13(11-15(14)20-3)16(19)18-9-4-7-17-8-10-18;/h5-6,11-12,17H,4,7-10H2,1-3H3;1H. The molecule has 2 rings (SSSR count). The molecule has 1 saturated heterocycles. The zero-order valence-electron chi connectivity index (χ0n) is 13.4. The van der Waals surface area contributed by atoms with Crippen molar-refractivity contribution in [3.05, 3.63) is 23.8 Å². The average molecular weight is 329 g/mol. The molecule has 1 aromatic carbocycles. The van der Waals surface area contributed by atoms with Crippen molar-refractivity contribution in [1.29, 1.82) is 0 Å². The van der Waals surface area contributed by atoms with Gasteiger partial charge >= 0.3 is 0 Å². The highest BCUT2D eigenvalue weighted by atomic mass is 35.5. The van der Waals surface area contributed by atoms with Crippen molar-refractivity contribution < 1.29 is 14.3 Å². The Kier molecular flexibility index (Phi) is 7.48. The molecule has 0 bridgehead atoms. The van der Waals surface area contributed by atoms with E-state index in [-0.39, 0.29) is 24.4 Å². The fourth-order valence-corrected chi connectivity index (χ4v) is 2.38. The number of rotatable bonds is 4. The minimum Gasteiger partial charge on any atom is -0.493 e. The Bertz CT molecular complexity index is 486. The lowest BCUT2D eigenvalue weighted by Gasteiger charge is -2.21. The minimum atomic E-state index is 0. The number of carbonyl (C=O) groups is 1. The van der Waals surface area contributed by atoms with Crippen LogP contribution in [-0.4, -0.2) is 50.2 Å². The molecular formula is C16H25ClN2O3. The first-order chi connectivity index (χ1) is 10.1. The van der Waals surface area contributed by atoms with Gasteiger partial charge in [-0.3, -0.25) is 4.79 Å². The number of halogens is 1. The van der Waals surface area contributed by atoms with E-state index in [1.807, 2.05) is 24.8 Å². The second-order valence-electron chi connectivity index (χ2n) is 5.43. The number of nitrogens with zero attached hydrogens (tertiary/aromatic N) is 1. The molecule has 22 heavy (non-hydrogen) atoms. The van der Waals surface area contributed by atoms with Crippen LogP contribution in [0.1, 0.15) is 30.6 Å². The molecule has 1 N–H and O–H groups in total. The number of ether oxygens (including phenoxy) is 2. The molecule has 0 spiro atoms. The third kappa shape index (κ3) is 4.78. The Morgan fingerprint density at radius 2 is 2.00 bits per heavy atom. The number of amides is 1. The molecule has 124 valence electrons. The molecule has 5 nitrogen and oxygen atoms in total. The normalized spacial score (nSPS) is 15.0. The summed E-state index contributed by atoms with van der Waals surface area (Å²) in [4.78, 5) is 14.4. The van der Waals surface area contributed by atoms with Gasteiger partial charge in [0, 0.05) is 25.2 Å². The summed E-state index contributed by atoms with van der Waals surface area (Å²) in [5.74, 6) is 1.32. The van der Waals surface area contributed by atoms with Gasteiger partial charge in [0.2, 0.25) is 0 Å². The van der Waals surface area contributed by atoms with Gasteiger partial charge in [-0.1, -0.05) is 0 Å². The highest BCUT2D eigenvalue weighted by Crippen LogP contribution is 2.29. The minimum absolute atomic E-state index is 0. The van der Waals surface area contributed by atoms with Gasteiger partial charge in [-0.15, -0.1) is 12.4 Å². The first kappa shape index (κ1) is 18.6. The summed E-state index contributed by atoms with van der Waals surface area (Å²) >= 11 is 0. The maximum absolute atomic E-state index is 12.6. The smallest absolute Gasteiger partial charge is 0.254 e. The van der Waals surface area contributed by atoms with Crippen LogP contribution in [0.2, 0.25) is 0 Å². The van der Waals surface area contributed by atoms with Crippen molar-refractivity contribution in [3.63, 3.8) is 0 Å². The van der Waals surface area contributed by atoms with Crippen LogP contribution in [0.15, 0.2) is 18.2 Å². The van der Waals surface area contributed by atoms with E-state index < -0.39 is 0 Å². The molecule has 0 radical (unpaired) electrons. The van der Waals surface area contributed by atoms with E-state index in [0.717, 1.165) is 32.6 Å². The van der Waals surface area contributed by atoms with Crippen LogP contribution in [-0.2, 0) is 0 Å². The molecule has 1 amide bonds. The largest absolute Gasteiger partial charge is 0.493 e. The fourth-order valence-electron chi connectivity index (χ4n) is 2.38. The van der Waals surface area contributed by atoms with Crippen LogP contribution in [0.25, 0.3) is 0 Å². The molecule has 0 aliphatic carbocycles. The maximum Gasteiger partial charge on any atom is 0.254 e. The average Bonchev–Trinajstić information content (AvgIpc) is 2.75. The van der Waals surface area contributed by atoms with Gasteiger partial charge in [0.25, 0.3) is 5.91 Å². The Labute approximate surface area is 138 Å². The van der Waals surface area contributed by atoms with Gasteiger partial charge in [0.1, 0.15) is 0 Å². The molecule has 0 atom stereocenters. The summed E-state index contributed by atoms with van der Waals surface area (Å²) in [6, 6.07) is 5.38. The Morgan fingerprint density at radius 1 is 1.23 bits per heavy atom. The topological polar surface area (TPSA) is 50.8 Å². The molecular weight excluding hydrogens is 304 g/mol. The van der Waals surface area contributed by atoms with E-state index >= 15 is 0 Å². The Balaban J connectivity index is 0.00000242. The van der Waals surface area contributed by atoms with Crippen LogP contribution >= 0.6 is 12.4 Å². The highest BCUT2D eigenvalue weighted by molar-refractivity contribution is 5.95. The number of nitrogens with one attached hydrogen (secondary N) is 1. The molecule has 0 saturated carbocycles. The SMILES string of the molecule is COc1cc(C(=O)N2CCCNCC2)ccc1OC(C)C.Cl. The molecule has 1 fully saturated rings. The number of benzene rings is 1. The highest BCUT2D eigenvalue weighted by Gasteiger charge is 2.19. The number of hydrogen-bond donors (Lipinski definition) is 1. The molecule has 1 aliphatic rings. The number of methoxy groups -OCH3 is 1. The van der Waals surface area contributed by atoms with Gasteiger partial charge in [-0.2, -0.15) is 0 Å². The second-order valence-corrected chi connectivity index (χ2v) is 5.43. The van der Waals surface area contributed by atoms with E-state index in [9.17, 15) is 4.79 Å². The van der Waals surface area contributed by atoms with Crippen molar-refractivity contribution in [2.24, 2.45) is 0 Å². The van der Waals surface area contributed by atoms with Gasteiger partial charge in [-0.05, 0) is 45.0 Å². The van der Waals surface area contributed by atoms with Crippen molar-refractivity contribution in [1.82, 2.24) is 10.2 Å². The fraction of sp³-hybridized carbons (Fsp3) is 0.562. The quantitative estimate of drug-likeness (QED) is 0.921. The molecule has 6 heteroatoms. The van der Waals surface area contributed by atoms with E-state index in [1.54, 1.807) is 19.2 Å². The Morgan fingerprint density at radius 3 is 2.68 bits per heavy atom. The van der Waals surface area contributed by atoms with Crippen LogP contribution < -0.4 is 14.8 Å². The maximum atomic E-state index is 12.6. The predicted molar refractivity (Wildman–Crippen MR) is 89.4 cm³/mol. The van der Waals surface area contributed by atoms with E-state index in [2.05, 4.69) is 5.32 Å². The lowest BCUT2D eigenvalue weighted by molar-refractivity contribution is 0.0766. The molecule has 0 aromatic heterocycles. The van der Waals surface area contributed by atoms with Gasteiger partial charge in [0.15, 0.2) is 11.5 Å². The van der Waals surface area contributed by atoms with Crippen molar-refractivity contribution in [2.45, 2.75) is 26.4 Å².